The molecule has 16 heavy (non-hydrogen) atoms. The van der Waals surface area contributed by atoms with Crippen LogP contribution in [0.25, 0.3) is 0 Å². The largest absolute Gasteiger partial charge is 0.382 e. The highest BCUT2D eigenvalue weighted by molar-refractivity contribution is 6.35. The lowest BCUT2D eigenvalue weighted by molar-refractivity contribution is 0.0699. The molecule has 0 atom stereocenters. The summed E-state index contributed by atoms with van der Waals surface area (Å²) < 4.78 is 5.30. The molecule has 1 saturated heterocycles. The average Bonchev–Trinajstić information content (AvgIpc) is 2.32. The third kappa shape index (κ3) is 2.74. The van der Waals surface area contributed by atoms with Gasteiger partial charge in [0.25, 0.3) is 0 Å². The van der Waals surface area contributed by atoms with E-state index in [4.69, 9.17) is 22.1 Å². The van der Waals surface area contributed by atoms with Crippen LogP contribution in [-0.4, -0.2) is 29.7 Å². The second-order valence-electron chi connectivity index (χ2n) is 3.86. The highest BCUT2D eigenvalue weighted by atomic mass is 35.5. The maximum atomic E-state index is 5.97. The van der Waals surface area contributed by atoms with Crippen molar-refractivity contribution in [3.63, 3.8) is 0 Å². The Morgan fingerprint density at radius 2 is 2.19 bits per heavy atom. The van der Waals surface area contributed by atoms with Crippen LogP contribution in [0.15, 0.2) is 6.33 Å². The van der Waals surface area contributed by atoms with Gasteiger partial charge in [-0.3, -0.25) is 0 Å². The molecule has 6 heteroatoms. The number of hydrogen-bond acceptors (Lipinski definition) is 5. The number of nitrogens with two attached hydrogens (primary N) is 1. The van der Waals surface area contributed by atoms with Crippen LogP contribution in [0.1, 0.15) is 12.8 Å². The number of hydrogen-bond donors (Lipinski definition) is 2. The van der Waals surface area contributed by atoms with Crippen molar-refractivity contribution in [3.8, 4) is 0 Å². The van der Waals surface area contributed by atoms with Crippen molar-refractivity contribution in [1.29, 1.82) is 0 Å². The van der Waals surface area contributed by atoms with Crippen LogP contribution in [-0.2, 0) is 4.74 Å². The van der Waals surface area contributed by atoms with Crippen molar-refractivity contribution in [2.45, 2.75) is 12.8 Å². The summed E-state index contributed by atoms with van der Waals surface area (Å²) in [5, 5.41) is 3.60. The lowest BCUT2D eigenvalue weighted by atomic mass is 10.0. The molecule has 0 unspecified atom stereocenters. The van der Waals surface area contributed by atoms with Crippen LogP contribution in [0, 0.1) is 5.92 Å². The minimum absolute atomic E-state index is 0.311. The first-order chi connectivity index (χ1) is 7.77. The molecule has 5 nitrogen and oxygen atoms in total. The molecular weight excluding hydrogens is 228 g/mol. The molecule has 2 rings (SSSR count). The molecule has 0 saturated carbocycles. The summed E-state index contributed by atoms with van der Waals surface area (Å²) in [6, 6.07) is 0. The molecule has 0 aliphatic carbocycles. The van der Waals surface area contributed by atoms with Crippen LogP contribution in [0.2, 0.25) is 5.02 Å². The molecule has 88 valence electrons. The smallest absolute Gasteiger partial charge is 0.150 e. The van der Waals surface area contributed by atoms with E-state index in [1.807, 2.05) is 0 Å². The average molecular weight is 243 g/mol. The third-order valence-corrected chi connectivity index (χ3v) is 3.09. The van der Waals surface area contributed by atoms with E-state index >= 15 is 0 Å². The predicted octanol–water partition coefficient (Wildman–Crippen LogP) is 1.55. The first-order valence-corrected chi connectivity index (χ1v) is 5.72. The van der Waals surface area contributed by atoms with Crippen LogP contribution in [0.3, 0.4) is 0 Å². The van der Waals surface area contributed by atoms with Crippen molar-refractivity contribution < 1.29 is 4.74 Å². The van der Waals surface area contributed by atoms with E-state index in [2.05, 4.69) is 15.3 Å². The molecule has 1 aromatic heterocycles. The molecule has 1 aliphatic rings. The molecular formula is C10H15ClN4O. The van der Waals surface area contributed by atoms with E-state index in [0.29, 0.717) is 22.6 Å². The second-order valence-corrected chi connectivity index (χ2v) is 4.24. The lowest BCUT2D eigenvalue weighted by Crippen LogP contribution is -2.23. The van der Waals surface area contributed by atoms with Crippen LogP contribution < -0.4 is 11.1 Å². The quantitative estimate of drug-likeness (QED) is 0.841. The Morgan fingerprint density at radius 1 is 1.44 bits per heavy atom. The lowest BCUT2D eigenvalue weighted by Gasteiger charge is -2.22. The zero-order valence-electron chi connectivity index (χ0n) is 8.95. The number of nitrogens with zero attached hydrogens (tertiary/aromatic N) is 2. The number of aromatic nitrogens is 2. The third-order valence-electron chi connectivity index (χ3n) is 2.72. The summed E-state index contributed by atoms with van der Waals surface area (Å²) in [6.45, 7) is 2.53. The van der Waals surface area contributed by atoms with Crippen LogP contribution >= 0.6 is 11.6 Å². The van der Waals surface area contributed by atoms with Gasteiger partial charge < -0.3 is 15.8 Å². The Kier molecular flexibility index (Phi) is 3.79. The number of anilines is 2. The SMILES string of the molecule is Nc1ncnc(NCC2CCOCC2)c1Cl. The van der Waals surface area contributed by atoms with E-state index < -0.39 is 0 Å². The molecule has 0 spiro atoms. The van der Waals surface area contributed by atoms with Crippen molar-refractivity contribution in [2.75, 3.05) is 30.8 Å². The molecule has 1 aromatic rings. The standard InChI is InChI=1S/C10H15ClN4O/c11-8-9(12)14-6-15-10(8)13-5-7-1-3-16-4-2-7/h6-7H,1-5H2,(H3,12,13,14,15). The van der Waals surface area contributed by atoms with Crippen molar-refractivity contribution in [3.05, 3.63) is 11.3 Å². The van der Waals surface area contributed by atoms with Gasteiger partial charge in [-0.25, -0.2) is 9.97 Å². The minimum Gasteiger partial charge on any atom is -0.382 e. The molecule has 2 heterocycles. The number of nitrogen functional groups attached to an aromatic ring is 1. The maximum absolute atomic E-state index is 5.97. The highest BCUT2D eigenvalue weighted by Gasteiger charge is 2.14. The number of halogens is 1. The monoisotopic (exact) mass is 242 g/mol. The Bertz CT molecular complexity index is 355. The van der Waals surface area contributed by atoms with Gasteiger partial charge in [0.15, 0.2) is 0 Å². The second kappa shape index (κ2) is 5.32. The van der Waals surface area contributed by atoms with Gasteiger partial charge in [-0.2, -0.15) is 0 Å². The number of rotatable bonds is 3. The van der Waals surface area contributed by atoms with E-state index in [1.54, 1.807) is 0 Å². The number of ether oxygens (including phenoxy) is 1. The Balaban J connectivity index is 1.91. The van der Waals surface area contributed by atoms with Crippen molar-refractivity contribution in [2.24, 2.45) is 5.92 Å². The number of nitrogens with one attached hydrogen (secondary N) is 1. The van der Waals surface area contributed by atoms with Gasteiger partial charge in [-0.1, -0.05) is 11.6 Å². The minimum atomic E-state index is 0.311. The van der Waals surface area contributed by atoms with E-state index in [0.717, 1.165) is 32.6 Å². The zero-order chi connectivity index (χ0) is 11.4. The van der Waals surface area contributed by atoms with Gasteiger partial charge in [0.1, 0.15) is 23.0 Å². The fraction of sp³-hybridized carbons (Fsp3) is 0.600. The summed E-state index contributed by atoms with van der Waals surface area (Å²) >= 11 is 5.97. The van der Waals surface area contributed by atoms with Gasteiger partial charge in [-0.15, -0.1) is 0 Å². The Hall–Kier alpha value is -1.07. The molecule has 1 fully saturated rings. The zero-order valence-corrected chi connectivity index (χ0v) is 9.70. The summed E-state index contributed by atoms with van der Waals surface area (Å²) in [4.78, 5) is 7.87. The van der Waals surface area contributed by atoms with E-state index in [1.165, 1.54) is 6.33 Å². The highest BCUT2D eigenvalue weighted by Crippen LogP contribution is 2.24. The van der Waals surface area contributed by atoms with Gasteiger partial charge in [0.2, 0.25) is 0 Å². The van der Waals surface area contributed by atoms with Gasteiger partial charge >= 0.3 is 0 Å². The van der Waals surface area contributed by atoms with Crippen LogP contribution in [0.4, 0.5) is 11.6 Å². The Morgan fingerprint density at radius 3 is 2.94 bits per heavy atom. The van der Waals surface area contributed by atoms with E-state index in [9.17, 15) is 0 Å². The topological polar surface area (TPSA) is 73.1 Å². The predicted molar refractivity (Wildman–Crippen MR) is 63.5 cm³/mol. The molecule has 1 aliphatic heterocycles. The first-order valence-electron chi connectivity index (χ1n) is 5.35. The van der Waals surface area contributed by atoms with Crippen LogP contribution in [0.5, 0.6) is 0 Å². The van der Waals surface area contributed by atoms with Gasteiger partial charge in [-0.05, 0) is 18.8 Å². The van der Waals surface area contributed by atoms with Crippen molar-refractivity contribution in [1.82, 2.24) is 9.97 Å². The first kappa shape index (κ1) is 11.4. The summed E-state index contributed by atoms with van der Waals surface area (Å²) in [6.07, 6.45) is 3.56. The summed E-state index contributed by atoms with van der Waals surface area (Å²) in [5.74, 6) is 1.54. The summed E-state index contributed by atoms with van der Waals surface area (Å²) in [7, 11) is 0. The molecule has 0 radical (unpaired) electrons. The molecule has 0 amide bonds. The molecule has 3 N–H and O–H groups in total. The Labute approximate surface area is 99.4 Å². The fourth-order valence-corrected chi connectivity index (χ4v) is 1.86. The van der Waals surface area contributed by atoms with E-state index in [-0.39, 0.29) is 0 Å². The fourth-order valence-electron chi connectivity index (χ4n) is 1.70. The van der Waals surface area contributed by atoms with Gasteiger partial charge in [0, 0.05) is 19.8 Å². The molecule has 0 bridgehead atoms. The summed E-state index contributed by atoms with van der Waals surface area (Å²) in [5.41, 5.74) is 5.59. The van der Waals surface area contributed by atoms with Gasteiger partial charge in [0.05, 0.1) is 0 Å². The normalized spacial score (nSPS) is 17.3. The van der Waals surface area contributed by atoms with Crippen molar-refractivity contribution >= 4 is 23.2 Å². The molecule has 0 aromatic carbocycles. The maximum Gasteiger partial charge on any atom is 0.150 e.